The van der Waals surface area contributed by atoms with E-state index in [2.05, 4.69) is 12.2 Å². The van der Waals surface area contributed by atoms with Gasteiger partial charge in [-0.2, -0.15) is 0 Å². The first kappa shape index (κ1) is 11.6. The van der Waals surface area contributed by atoms with E-state index in [0.29, 0.717) is 0 Å². The van der Waals surface area contributed by atoms with Crippen LogP contribution < -0.4 is 10.1 Å². The van der Waals surface area contributed by atoms with Crippen LogP contribution >= 0.6 is 0 Å². The van der Waals surface area contributed by atoms with Crippen LogP contribution in [-0.4, -0.2) is 7.11 Å². The number of anilines is 1. The lowest BCUT2D eigenvalue weighted by atomic mass is 10.1. The van der Waals surface area contributed by atoms with Gasteiger partial charge in [-0.25, -0.2) is 0 Å². The fourth-order valence-electron chi connectivity index (χ4n) is 1.78. The van der Waals surface area contributed by atoms with E-state index < -0.39 is 0 Å². The maximum atomic E-state index is 5.42. The van der Waals surface area contributed by atoms with Crippen molar-refractivity contribution in [2.75, 3.05) is 12.4 Å². The number of ether oxygens (including phenoxy) is 1. The van der Waals surface area contributed by atoms with Gasteiger partial charge in [0.1, 0.15) is 11.5 Å². The molecule has 2 aromatic rings. The molecule has 1 heterocycles. The molecule has 2 rings (SSSR count). The molecule has 3 nitrogen and oxygen atoms in total. The van der Waals surface area contributed by atoms with Gasteiger partial charge >= 0.3 is 0 Å². The van der Waals surface area contributed by atoms with E-state index in [4.69, 9.17) is 9.15 Å². The number of hydrogen-bond donors (Lipinski definition) is 1. The minimum Gasteiger partial charge on any atom is -0.497 e. The van der Waals surface area contributed by atoms with E-state index in [0.717, 1.165) is 23.6 Å². The lowest BCUT2D eigenvalue weighted by molar-refractivity contribution is 0.415. The van der Waals surface area contributed by atoms with Crippen molar-refractivity contribution in [2.24, 2.45) is 0 Å². The third-order valence-electron chi connectivity index (χ3n) is 2.71. The molecule has 90 valence electrons. The van der Waals surface area contributed by atoms with E-state index in [9.17, 15) is 0 Å². The van der Waals surface area contributed by atoms with Gasteiger partial charge in [0, 0.05) is 11.8 Å². The van der Waals surface area contributed by atoms with Gasteiger partial charge in [-0.15, -0.1) is 0 Å². The summed E-state index contributed by atoms with van der Waals surface area (Å²) in [6.07, 6.45) is 2.66. The van der Waals surface area contributed by atoms with E-state index in [1.165, 1.54) is 0 Å². The maximum absolute atomic E-state index is 5.42. The van der Waals surface area contributed by atoms with Gasteiger partial charge in [0.05, 0.1) is 19.4 Å². The molecule has 1 unspecified atom stereocenters. The first-order valence-electron chi connectivity index (χ1n) is 5.77. The first-order valence-corrected chi connectivity index (χ1v) is 5.77. The van der Waals surface area contributed by atoms with Crippen molar-refractivity contribution in [1.29, 1.82) is 0 Å². The summed E-state index contributed by atoms with van der Waals surface area (Å²) < 4.78 is 10.6. The molecule has 0 bridgehead atoms. The lowest BCUT2D eigenvalue weighted by Gasteiger charge is -2.16. The third-order valence-corrected chi connectivity index (χ3v) is 2.71. The van der Waals surface area contributed by atoms with E-state index >= 15 is 0 Å². The summed E-state index contributed by atoms with van der Waals surface area (Å²) in [6, 6.07) is 12.0. The molecule has 1 N–H and O–H groups in total. The van der Waals surface area contributed by atoms with Crippen molar-refractivity contribution >= 4 is 5.69 Å². The monoisotopic (exact) mass is 231 g/mol. The molecule has 17 heavy (non-hydrogen) atoms. The zero-order chi connectivity index (χ0) is 12.1. The Morgan fingerprint density at radius 2 is 2.18 bits per heavy atom. The second-order valence-electron chi connectivity index (χ2n) is 3.85. The smallest absolute Gasteiger partial charge is 0.125 e. The summed E-state index contributed by atoms with van der Waals surface area (Å²) in [5.41, 5.74) is 1.03. The van der Waals surface area contributed by atoms with Crippen LogP contribution in [0.1, 0.15) is 25.1 Å². The van der Waals surface area contributed by atoms with Crippen LogP contribution in [-0.2, 0) is 0 Å². The van der Waals surface area contributed by atoms with Gasteiger partial charge in [-0.3, -0.25) is 0 Å². The lowest BCUT2D eigenvalue weighted by Crippen LogP contribution is -2.08. The molecule has 1 aromatic carbocycles. The van der Waals surface area contributed by atoms with Crippen molar-refractivity contribution in [3.8, 4) is 5.75 Å². The average molecular weight is 231 g/mol. The highest BCUT2D eigenvalue weighted by atomic mass is 16.5. The predicted octanol–water partition coefficient (Wildman–Crippen LogP) is 3.85. The molecule has 0 saturated carbocycles. The molecule has 0 radical (unpaired) electrons. The largest absolute Gasteiger partial charge is 0.497 e. The summed E-state index contributed by atoms with van der Waals surface area (Å²) in [5, 5.41) is 3.43. The predicted molar refractivity (Wildman–Crippen MR) is 68.4 cm³/mol. The minimum atomic E-state index is 0.192. The summed E-state index contributed by atoms with van der Waals surface area (Å²) in [6.45, 7) is 2.13. The Bertz CT molecular complexity index is 451. The molecular formula is C14H17NO2. The van der Waals surface area contributed by atoms with Crippen molar-refractivity contribution < 1.29 is 9.15 Å². The van der Waals surface area contributed by atoms with Crippen LogP contribution in [0.4, 0.5) is 5.69 Å². The highest BCUT2D eigenvalue weighted by Crippen LogP contribution is 2.25. The Balaban J connectivity index is 2.13. The normalized spacial score (nSPS) is 12.1. The molecule has 0 aliphatic heterocycles. The number of rotatable bonds is 5. The van der Waals surface area contributed by atoms with Crippen molar-refractivity contribution in [2.45, 2.75) is 19.4 Å². The van der Waals surface area contributed by atoms with Gasteiger partial charge in [0.2, 0.25) is 0 Å². The molecule has 1 atom stereocenters. The zero-order valence-electron chi connectivity index (χ0n) is 10.1. The van der Waals surface area contributed by atoms with Gasteiger partial charge in [-0.05, 0) is 30.7 Å². The topological polar surface area (TPSA) is 34.4 Å². The van der Waals surface area contributed by atoms with Gasteiger partial charge in [0.15, 0.2) is 0 Å². The standard InChI is InChI=1S/C14H17NO2/c1-3-13(14-8-5-9-17-14)15-11-6-4-7-12(10-11)16-2/h4-10,13,15H,3H2,1-2H3. The molecule has 0 aliphatic carbocycles. The van der Waals surface area contributed by atoms with E-state index in [-0.39, 0.29) is 6.04 Å². The van der Waals surface area contributed by atoms with Gasteiger partial charge in [0.25, 0.3) is 0 Å². The minimum absolute atomic E-state index is 0.192. The number of furan rings is 1. The number of nitrogens with one attached hydrogen (secondary N) is 1. The van der Waals surface area contributed by atoms with Crippen LogP contribution in [0.25, 0.3) is 0 Å². The Labute approximate surface area is 101 Å². The van der Waals surface area contributed by atoms with Crippen LogP contribution in [0.3, 0.4) is 0 Å². The molecule has 0 saturated heterocycles. The van der Waals surface area contributed by atoms with Crippen LogP contribution in [0.5, 0.6) is 5.75 Å². The second kappa shape index (κ2) is 5.43. The number of methoxy groups -OCH3 is 1. The summed E-state index contributed by atoms with van der Waals surface area (Å²) in [4.78, 5) is 0. The van der Waals surface area contributed by atoms with Crippen molar-refractivity contribution in [3.05, 3.63) is 48.4 Å². The van der Waals surface area contributed by atoms with Crippen molar-refractivity contribution in [1.82, 2.24) is 0 Å². The quantitative estimate of drug-likeness (QED) is 0.848. The molecular weight excluding hydrogens is 214 g/mol. The molecule has 1 aromatic heterocycles. The first-order chi connectivity index (χ1) is 8.33. The Hall–Kier alpha value is -1.90. The van der Waals surface area contributed by atoms with Crippen LogP contribution in [0.2, 0.25) is 0 Å². The molecule has 3 heteroatoms. The Morgan fingerprint density at radius 1 is 1.29 bits per heavy atom. The van der Waals surface area contributed by atoms with E-state index in [1.54, 1.807) is 13.4 Å². The molecule has 0 amide bonds. The Morgan fingerprint density at radius 3 is 2.82 bits per heavy atom. The summed E-state index contributed by atoms with van der Waals surface area (Å²) >= 11 is 0. The maximum Gasteiger partial charge on any atom is 0.125 e. The fraction of sp³-hybridized carbons (Fsp3) is 0.286. The third kappa shape index (κ3) is 2.81. The molecule has 0 spiro atoms. The number of benzene rings is 1. The summed E-state index contributed by atoms with van der Waals surface area (Å²) in [5.74, 6) is 1.81. The SMILES string of the molecule is CCC(Nc1cccc(OC)c1)c1ccco1. The molecule has 0 aliphatic rings. The fourth-order valence-corrected chi connectivity index (χ4v) is 1.78. The molecule has 0 fully saturated rings. The highest BCUT2D eigenvalue weighted by molar-refractivity contribution is 5.49. The highest BCUT2D eigenvalue weighted by Gasteiger charge is 2.11. The Kier molecular flexibility index (Phi) is 3.70. The van der Waals surface area contributed by atoms with Crippen LogP contribution in [0.15, 0.2) is 47.1 Å². The summed E-state index contributed by atoms with van der Waals surface area (Å²) in [7, 11) is 1.67. The average Bonchev–Trinajstić information content (AvgIpc) is 2.90. The van der Waals surface area contributed by atoms with Gasteiger partial charge < -0.3 is 14.5 Å². The van der Waals surface area contributed by atoms with Crippen LogP contribution in [0, 0.1) is 0 Å². The van der Waals surface area contributed by atoms with E-state index in [1.807, 2.05) is 36.4 Å². The van der Waals surface area contributed by atoms with Crippen molar-refractivity contribution in [3.63, 3.8) is 0 Å². The van der Waals surface area contributed by atoms with Gasteiger partial charge in [-0.1, -0.05) is 13.0 Å². The second-order valence-corrected chi connectivity index (χ2v) is 3.85. The zero-order valence-corrected chi connectivity index (χ0v) is 10.1. The number of hydrogen-bond acceptors (Lipinski definition) is 3.